The number of aromatic amines is 1. The molecule has 1 rings (SSSR count). The third-order valence-electron chi connectivity index (χ3n) is 0.905. The molecule has 0 bridgehead atoms. The van der Waals surface area contributed by atoms with Crippen LogP contribution in [0.15, 0.2) is 11.2 Å². The summed E-state index contributed by atoms with van der Waals surface area (Å²) in [5, 5.41) is 0.289. The Hall–Kier alpha value is -0.540. The van der Waals surface area contributed by atoms with E-state index < -0.39 is 0 Å². The predicted octanol–water partition coefficient (Wildman–Crippen LogP) is 1.25. The molecular weight excluding hydrogens is 173 g/mol. The Balaban J connectivity index is 3.50. The lowest BCUT2D eigenvalue weighted by molar-refractivity contribution is 1.05. The van der Waals surface area contributed by atoms with E-state index in [1.54, 1.807) is 7.05 Å². The highest BCUT2D eigenvalue weighted by Crippen LogP contribution is 1.99. The molecule has 0 aliphatic heterocycles. The van der Waals surface area contributed by atoms with Crippen molar-refractivity contribution in [2.24, 2.45) is 4.99 Å². The van der Waals surface area contributed by atoms with Gasteiger partial charge in [0.05, 0.1) is 7.54 Å². The van der Waals surface area contributed by atoms with Crippen LogP contribution in [0.25, 0.3) is 0 Å². The minimum atomic E-state index is -0.0731. The standard InChI is InChI=1S/C5H5Cl2N3/c1-8-4-3(6)2-9-5(7)10-4/h2H,1H3,(H,8,9,10)/i2D. The molecule has 0 aliphatic carbocycles. The number of nitrogens with one attached hydrogen (secondary N) is 1. The molecule has 0 radical (unpaired) electrons. The average molecular weight is 179 g/mol. The molecule has 1 aromatic heterocycles. The summed E-state index contributed by atoms with van der Waals surface area (Å²) in [6.07, 6.45) is -0.0731. The first-order chi connectivity index (χ1) is 5.15. The zero-order valence-corrected chi connectivity index (χ0v) is 6.66. The Morgan fingerprint density at radius 1 is 1.80 bits per heavy atom. The van der Waals surface area contributed by atoms with Gasteiger partial charge in [0.25, 0.3) is 0 Å². The van der Waals surface area contributed by atoms with Crippen molar-refractivity contribution in [1.82, 2.24) is 9.97 Å². The van der Waals surface area contributed by atoms with E-state index in [2.05, 4.69) is 15.0 Å². The Morgan fingerprint density at radius 3 is 3.10 bits per heavy atom. The first-order valence-corrected chi connectivity index (χ1v) is 3.25. The number of halogens is 2. The summed E-state index contributed by atoms with van der Waals surface area (Å²) < 4.78 is 7.20. The minimum Gasteiger partial charge on any atom is -0.314 e. The second-order valence-corrected chi connectivity index (χ2v) is 2.26. The van der Waals surface area contributed by atoms with E-state index in [9.17, 15) is 0 Å². The number of hydrogen-bond acceptors (Lipinski definition) is 2. The van der Waals surface area contributed by atoms with Gasteiger partial charge in [-0.2, -0.15) is 0 Å². The monoisotopic (exact) mass is 178 g/mol. The van der Waals surface area contributed by atoms with Crippen LogP contribution in [0, 0.1) is 0 Å². The fraction of sp³-hybridized carbons (Fsp3) is 0.200. The highest BCUT2D eigenvalue weighted by molar-refractivity contribution is 6.31. The summed E-state index contributed by atoms with van der Waals surface area (Å²) in [5.74, 6) is 0. The molecule has 54 valence electrons. The van der Waals surface area contributed by atoms with Gasteiger partial charge in [-0.25, -0.2) is 4.98 Å². The molecule has 0 spiro atoms. The van der Waals surface area contributed by atoms with Crippen LogP contribution >= 0.6 is 23.2 Å². The van der Waals surface area contributed by atoms with Crippen LogP contribution in [-0.4, -0.2) is 17.0 Å². The molecule has 0 aromatic carbocycles. The normalized spacial score (nSPS) is 13.5. The summed E-state index contributed by atoms with van der Waals surface area (Å²) in [6.45, 7) is 0. The van der Waals surface area contributed by atoms with E-state index in [0.29, 0.717) is 5.49 Å². The second kappa shape index (κ2) is 3.03. The van der Waals surface area contributed by atoms with Crippen LogP contribution in [0.1, 0.15) is 1.37 Å². The van der Waals surface area contributed by atoms with Crippen molar-refractivity contribution >= 4 is 23.2 Å². The van der Waals surface area contributed by atoms with Crippen LogP contribution in [0.4, 0.5) is 0 Å². The summed E-state index contributed by atoms with van der Waals surface area (Å²) in [7, 11) is 1.55. The van der Waals surface area contributed by atoms with E-state index in [-0.39, 0.29) is 16.5 Å². The summed E-state index contributed by atoms with van der Waals surface area (Å²) in [4.78, 5) is 9.93. The topological polar surface area (TPSA) is 41.0 Å². The Kier molecular flexibility index (Phi) is 1.88. The lowest BCUT2D eigenvalue weighted by Crippen LogP contribution is -2.09. The molecule has 0 unspecified atom stereocenters. The van der Waals surface area contributed by atoms with Crippen LogP contribution in [0.3, 0.4) is 0 Å². The van der Waals surface area contributed by atoms with Gasteiger partial charge in [-0.3, -0.25) is 4.99 Å². The maximum atomic E-state index is 7.20. The molecular formula is C5H5Cl2N3. The van der Waals surface area contributed by atoms with Gasteiger partial charge in [-0.1, -0.05) is 11.6 Å². The zero-order chi connectivity index (χ0) is 8.43. The average Bonchev–Trinajstić information content (AvgIpc) is 1.96. The smallest absolute Gasteiger partial charge is 0.201 e. The van der Waals surface area contributed by atoms with E-state index in [4.69, 9.17) is 24.6 Å². The Morgan fingerprint density at radius 2 is 2.50 bits per heavy atom. The van der Waals surface area contributed by atoms with Gasteiger partial charge < -0.3 is 4.98 Å². The van der Waals surface area contributed by atoms with Crippen LogP contribution in [-0.2, 0) is 0 Å². The van der Waals surface area contributed by atoms with Crippen LogP contribution in [0.2, 0.25) is 10.3 Å². The van der Waals surface area contributed by atoms with Crippen LogP contribution in [0.5, 0.6) is 0 Å². The lowest BCUT2D eigenvalue weighted by Gasteiger charge is -1.91. The van der Waals surface area contributed by atoms with Crippen molar-refractivity contribution < 1.29 is 1.37 Å². The Labute approximate surface area is 69.1 Å². The van der Waals surface area contributed by atoms with Crippen LogP contribution < -0.4 is 5.49 Å². The molecule has 1 N–H and O–H groups in total. The van der Waals surface area contributed by atoms with Gasteiger partial charge in [-0.15, -0.1) is 0 Å². The first kappa shape index (κ1) is 6.19. The molecule has 10 heavy (non-hydrogen) atoms. The molecule has 1 heterocycles. The molecule has 3 nitrogen and oxygen atoms in total. The first-order valence-electron chi connectivity index (χ1n) is 3.00. The number of nitrogens with zero attached hydrogens (tertiary/aromatic N) is 2. The molecule has 5 heteroatoms. The van der Waals surface area contributed by atoms with E-state index >= 15 is 0 Å². The lowest BCUT2D eigenvalue weighted by atomic mass is 10.6. The van der Waals surface area contributed by atoms with Crippen molar-refractivity contribution in [1.29, 1.82) is 0 Å². The number of hydrogen-bond donors (Lipinski definition) is 1. The number of H-pyrrole nitrogens is 1. The van der Waals surface area contributed by atoms with Gasteiger partial charge in [0.2, 0.25) is 5.28 Å². The highest BCUT2D eigenvalue weighted by Gasteiger charge is 1.92. The highest BCUT2D eigenvalue weighted by atomic mass is 35.5. The molecule has 0 amide bonds. The summed E-state index contributed by atoms with van der Waals surface area (Å²) in [6, 6.07) is 0. The van der Waals surface area contributed by atoms with Crippen molar-refractivity contribution in [2.45, 2.75) is 0 Å². The van der Waals surface area contributed by atoms with E-state index in [1.807, 2.05) is 0 Å². The third kappa shape index (κ3) is 1.49. The molecule has 0 aliphatic rings. The van der Waals surface area contributed by atoms with Crippen molar-refractivity contribution in [3.8, 4) is 0 Å². The summed E-state index contributed by atoms with van der Waals surface area (Å²) >= 11 is 11.1. The second-order valence-electron chi connectivity index (χ2n) is 1.53. The zero-order valence-electron chi connectivity index (χ0n) is 6.15. The molecule has 0 saturated heterocycles. The Bertz CT molecular complexity index is 333. The molecule has 1 aromatic rings. The van der Waals surface area contributed by atoms with Gasteiger partial charge in [0.1, 0.15) is 10.5 Å². The molecule has 0 atom stereocenters. The fourth-order valence-corrected chi connectivity index (χ4v) is 0.791. The third-order valence-corrected chi connectivity index (χ3v) is 1.35. The predicted molar refractivity (Wildman–Crippen MR) is 40.1 cm³/mol. The fourth-order valence-electron chi connectivity index (χ4n) is 0.486. The molecule has 0 fully saturated rings. The number of rotatable bonds is 0. The van der Waals surface area contributed by atoms with E-state index in [0.717, 1.165) is 0 Å². The summed E-state index contributed by atoms with van der Waals surface area (Å²) in [5.41, 5.74) is 0.372. The SMILES string of the molecule is [2H]c1nc(Cl)[nH]c(=NC)c1Cl. The van der Waals surface area contributed by atoms with Gasteiger partial charge >= 0.3 is 0 Å². The quantitative estimate of drug-likeness (QED) is 0.598. The maximum absolute atomic E-state index is 7.20. The number of aromatic nitrogens is 2. The van der Waals surface area contributed by atoms with Crippen molar-refractivity contribution in [2.75, 3.05) is 7.05 Å². The maximum Gasteiger partial charge on any atom is 0.201 e. The minimum absolute atomic E-state index is 0.0731. The van der Waals surface area contributed by atoms with Gasteiger partial charge in [0, 0.05) is 7.05 Å². The van der Waals surface area contributed by atoms with Gasteiger partial charge in [0.15, 0.2) is 0 Å². The molecule has 0 saturated carbocycles. The van der Waals surface area contributed by atoms with Crippen molar-refractivity contribution in [3.63, 3.8) is 0 Å². The van der Waals surface area contributed by atoms with Crippen molar-refractivity contribution in [3.05, 3.63) is 22.0 Å². The van der Waals surface area contributed by atoms with E-state index in [1.165, 1.54) is 0 Å². The largest absolute Gasteiger partial charge is 0.314 e. The van der Waals surface area contributed by atoms with Gasteiger partial charge in [-0.05, 0) is 11.6 Å².